The summed E-state index contributed by atoms with van der Waals surface area (Å²) >= 11 is 1.88. The van der Waals surface area contributed by atoms with Gasteiger partial charge in [-0.2, -0.15) is 0 Å². The van der Waals surface area contributed by atoms with Crippen molar-refractivity contribution in [3.8, 4) is 0 Å². The van der Waals surface area contributed by atoms with E-state index in [1.165, 1.54) is 42.5 Å². The number of hydrazine groups is 1. The molecule has 1 unspecified atom stereocenters. The van der Waals surface area contributed by atoms with Crippen LogP contribution in [-0.4, -0.2) is 0 Å². The maximum Gasteiger partial charge on any atom is 0.0589 e. The minimum Gasteiger partial charge on any atom is -0.271 e. The molecule has 0 amide bonds. The smallest absolute Gasteiger partial charge is 0.0589 e. The average molecular weight is 276 g/mol. The Morgan fingerprint density at radius 3 is 2.26 bits per heavy atom. The molecule has 4 fully saturated rings. The molecular weight excluding hydrogens is 252 g/mol. The van der Waals surface area contributed by atoms with E-state index in [-0.39, 0.29) is 0 Å². The van der Waals surface area contributed by atoms with Crippen LogP contribution in [0, 0.1) is 36.5 Å². The summed E-state index contributed by atoms with van der Waals surface area (Å²) in [4.78, 5) is 1.49. The van der Waals surface area contributed by atoms with Gasteiger partial charge in [0, 0.05) is 4.88 Å². The lowest BCUT2D eigenvalue weighted by atomic mass is 9.50. The van der Waals surface area contributed by atoms with Gasteiger partial charge in [-0.25, -0.2) is 0 Å². The van der Waals surface area contributed by atoms with Gasteiger partial charge in [-0.05, 0) is 85.6 Å². The van der Waals surface area contributed by atoms with Crippen LogP contribution in [0.2, 0.25) is 0 Å². The number of rotatable bonds is 3. The van der Waals surface area contributed by atoms with Gasteiger partial charge >= 0.3 is 0 Å². The molecule has 1 heterocycles. The lowest BCUT2D eigenvalue weighted by molar-refractivity contribution is -0.0521. The standard InChI is InChI=1S/C16H24N2S/c1-9-2-3-19-16(9)15(18-17)14-12-5-10-4-11(7-12)8-13(14)6-10/h2-3,10-15,18H,4-8,17H2,1H3. The Morgan fingerprint density at radius 2 is 1.79 bits per heavy atom. The predicted octanol–water partition coefficient (Wildman–Crippen LogP) is 3.63. The molecule has 19 heavy (non-hydrogen) atoms. The molecule has 0 aliphatic heterocycles. The Bertz CT molecular complexity index is 439. The van der Waals surface area contributed by atoms with Gasteiger partial charge in [0.2, 0.25) is 0 Å². The molecule has 4 bridgehead atoms. The van der Waals surface area contributed by atoms with Gasteiger partial charge in [-0.1, -0.05) is 0 Å². The second-order valence-electron chi connectivity index (χ2n) is 7.12. The Morgan fingerprint density at radius 1 is 1.16 bits per heavy atom. The lowest BCUT2D eigenvalue weighted by Crippen LogP contribution is -2.50. The molecule has 1 atom stereocenters. The molecular formula is C16H24N2S. The number of nitrogens with two attached hydrogens (primary N) is 1. The van der Waals surface area contributed by atoms with Crippen LogP contribution < -0.4 is 11.3 Å². The number of nitrogens with one attached hydrogen (secondary N) is 1. The molecule has 2 nitrogen and oxygen atoms in total. The molecule has 1 aromatic rings. The topological polar surface area (TPSA) is 38.0 Å². The number of hydrogen-bond acceptors (Lipinski definition) is 3. The van der Waals surface area contributed by atoms with Crippen molar-refractivity contribution in [2.45, 2.75) is 45.1 Å². The SMILES string of the molecule is Cc1ccsc1C(NN)C1C2CC3CC(C2)CC1C3. The van der Waals surface area contributed by atoms with Crippen molar-refractivity contribution in [1.29, 1.82) is 0 Å². The Balaban J connectivity index is 1.66. The fourth-order valence-corrected chi connectivity index (χ4v) is 6.62. The van der Waals surface area contributed by atoms with Crippen molar-refractivity contribution in [2.75, 3.05) is 0 Å². The van der Waals surface area contributed by atoms with Crippen molar-refractivity contribution in [1.82, 2.24) is 5.43 Å². The highest BCUT2D eigenvalue weighted by Crippen LogP contribution is 2.59. The molecule has 0 spiro atoms. The first-order valence-electron chi connectivity index (χ1n) is 7.76. The molecule has 0 aromatic carbocycles. The van der Waals surface area contributed by atoms with Gasteiger partial charge in [0.05, 0.1) is 6.04 Å². The third kappa shape index (κ3) is 1.90. The first kappa shape index (κ1) is 12.4. The Kier molecular flexibility index (Phi) is 2.98. The van der Waals surface area contributed by atoms with Gasteiger partial charge in [0.1, 0.15) is 0 Å². The maximum absolute atomic E-state index is 5.97. The predicted molar refractivity (Wildman–Crippen MR) is 79.7 cm³/mol. The van der Waals surface area contributed by atoms with Gasteiger partial charge in [0.25, 0.3) is 0 Å². The summed E-state index contributed by atoms with van der Waals surface area (Å²) in [6.07, 6.45) is 7.42. The third-order valence-electron chi connectivity index (χ3n) is 6.05. The van der Waals surface area contributed by atoms with Gasteiger partial charge in [-0.15, -0.1) is 11.3 Å². The number of aryl methyl sites for hydroxylation is 1. The molecule has 5 rings (SSSR count). The van der Waals surface area contributed by atoms with Crippen LogP contribution in [0.5, 0.6) is 0 Å². The first-order chi connectivity index (χ1) is 9.26. The minimum absolute atomic E-state index is 0.398. The molecule has 0 radical (unpaired) electrons. The fraction of sp³-hybridized carbons (Fsp3) is 0.750. The number of hydrogen-bond donors (Lipinski definition) is 2. The van der Waals surface area contributed by atoms with Crippen molar-refractivity contribution in [3.05, 3.63) is 21.9 Å². The maximum atomic E-state index is 5.97. The molecule has 3 heteroatoms. The van der Waals surface area contributed by atoms with Crippen LogP contribution in [0.25, 0.3) is 0 Å². The lowest BCUT2D eigenvalue weighted by Gasteiger charge is -2.56. The summed E-state index contributed by atoms with van der Waals surface area (Å²) in [5.41, 5.74) is 4.60. The van der Waals surface area contributed by atoms with E-state index >= 15 is 0 Å². The molecule has 104 valence electrons. The monoisotopic (exact) mass is 276 g/mol. The van der Waals surface area contributed by atoms with Crippen molar-refractivity contribution >= 4 is 11.3 Å². The average Bonchev–Trinajstić information content (AvgIpc) is 2.79. The molecule has 3 N–H and O–H groups in total. The summed E-state index contributed by atoms with van der Waals surface area (Å²) in [7, 11) is 0. The van der Waals surface area contributed by atoms with Crippen LogP contribution in [0.15, 0.2) is 11.4 Å². The molecule has 4 aliphatic carbocycles. The zero-order valence-electron chi connectivity index (χ0n) is 11.6. The zero-order valence-corrected chi connectivity index (χ0v) is 12.5. The van der Waals surface area contributed by atoms with Gasteiger partial charge < -0.3 is 0 Å². The van der Waals surface area contributed by atoms with Crippen LogP contribution in [-0.2, 0) is 0 Å². The van der Waals surface area contributed by atoms with Gasteiger partial charge in [-0.3, -0.25) is 11.3 Å². The van der Waals surface area contributed by atoms with E-state index in [2.05, 4.69) is 23.8 Å². The third-order valence-corrected chi connectivity index (χ3v) is 7.15. The summed E-state index contributed by atoms with van der Waals surface area (Å²) in [6, 6.07) is 2.63. The highest BCUT2D eigenvalue weighted by molar-refractivity contribution is 7.10. The van der Waals surface area contributed by atoms with Crippen molar-refractivity contribution < 1.29 is 0 Å². The summed E-state index contributed by atoms with van der Waals surface area (Å²) in [5, 5.41) is 2.21. The summed E-state index contributed by atoms with van der Waals surface area (Å²) in [6.45, 7) is 2.23. The summed E-state index contributed by atoms with van der Waals surface area (Å²) in [5.74, 6) is 10.7. The van der Waals surface area contributed by atoms with Crippen molar-refractivity contribution in [3.63, 3.8) is 0 Å². The van der Waals surface area contributed by atoms with Crippen LogP contribution in [0.4, 0.5) is 0 Å². The van der Waals surface area contributed by atoms with Gasteiger partial charge in [0.15, 0.2) is 0 Å². The largest absolute Gasteiger partial charge is 0.271 e. The summed E-state index contributed by atoms with van der Waals surface area (Å²) < 4.78 is 0. The molecule has 4 aliphatic rings. The van der Waals surface area contributed by atoms with E-state index in [0.717, 1.165) is 29.6 Å². The normalized spacial score (nSPS) is 41.7. The van der Waals surface area contributed by atoms with Crippen molar-refractivity contribution in [2.24, 2.45) is 35.4 Å². The van der Waals surface area contributed by atoms with E-state index < -0.39 is 0 Å². The highest BCUT2D eigenvalue weighted by Gasteiger charge is 2.50. The Hall–Kier alpha value is -0.380. The van der Waals surface area contributed by atoms with E-state index in [9.17, 15) is 0 Å². The van der Waals surface area contributed by atoms with E-state index in [1.54, 1.807) is 0 Å². The van der Waals surface area contributed by atoms with Crippen LogP contribution >= 0.6 is 11.3 Å². The van der Waals surface area contributed by atoms with Crippen LogP contribution in [0.3, 0.4) is 0 Å². The zero-order chi connectivity index (χ0) is 13.0. The van der Waals surface area contributed by atoms with E-state index in [1.807, 2.05) is 11.3 Å². The van der Waals surface area contributed by atoms with Crippen LogP contribution in [0.1, 0.15) is 48.6 Å². The van der Waals surface area contributed by atoms with E-state index in [4.69, 9.17) is 5.84 Å². The fourth-order valence-electron chi connectivity index (χ4n) is 5.58. The second kappa shape index (κ2) is 4.57. The molecule has 0 saturated heterocycles. The highest BCUT2D eigenvalue weighted by atomic mass is 32.1. The molecule has 1 aromatic heterocycles. The molecule has 4 saturated carbocycles. The number of thiophene rings is 1. The first-order valence-corrected chi connectivity index (χ1v) is 8.64. The Labute approximate surface area is 119 Å². The minimum atomic E-state index is 0.398. The second-order valence-corrected chi connectivity index (χ2v) is 8.07. The quantitative estimate of drug-likeness (QED) is 0.653. The van der Waals surface area contributed by atoms with E-state index in [0.29, 0.717) is 6.04 Å².